The van der Waals surface area contributed by atoms with Gasteiger partial charge in [0, 0.05) is 11.6 Å². The van der Waals surface area contributed by atoms with Gasteiger partial charge in [-0.25, -0.2) is 13.1 Å². The predicted molar refractivity (Wildman–Crippen MR) is 123 cm³/mol. The van der Waals surface area contributed by atoms with Crippen molar-refractivity contribution in [3.05, 3.63) is 64.7 Å². The molecule has 0 bridgehead atoms. The molecule has 1 unspecified atom stereocenters. The van der Waals surface area contributed by atoms with Gasteiger partial charge in [-0.1, -0.05) is 63.4 Å². The summed E-state index contributed by atoms with van der Waals surface area (Å²) in [4.78, 5) is 13.3. The molecule has 1 fully saturated rings. The topological polar surface area (TPSA) is 75.3 Å². The molecule has 0 spiro atoms. The lowest BCUT2D eigenvalue weighted by Gasteiger charge is -2.24. The second-order valence-corrected chi connectivity index (χ2v) is 10.8. The molecule has 2 aromatic carbocycles. The Kier molecular flexibility index (Phi) is 6.49. The summed E-state index contributed by atoms with van der Waals surface area (Å²) in [6, 6.07) is 13.2. The van der Waals surface area contributed by atoms with Crippen molar-refractivity contribution < 1.29 is 13.2 Å². The maximum Gasteiger partial charge on any atom is 0.251 e. The highest BCUT2D eigenvalue weighted by Crippen LogP contribution is 2.32. The molecule has 2 aliphatic rings. The van der Waals surface area contributed by atoms with Crippen LogP contribution in [0.15, 0.2) is 47.4 Å². The van der Waals surface area contributed by atoms with E-state index in [4.69, 9.17) is 0 Å². The quantitative estimate of drug-likeness (QED) is 0.675. The van der Waals surface area contributed by atoms with Crippen LogP contribution in [0, 0.1) is 0 Å². The lowest BCUT2D eigenvalue weighted by molar-refractivity contribution is 0.0936. The molecule has 2 aliphatic carbocycles. The summed E-state index contributed by atoms with van der Waals surface area (Å²) in [5.74, 6) is -0.192. The van der Waals surface area contributed by atoms with Gasteiger partial charge in [-0.05, 0) is 60.4 Å². The van der Waals surface area contributed by atoms with Gasteiger partial charge in [0.25, 0.3) is 5.91 Å². The lowest BCUT2D eigenvalue weighted by Crippen LogP contribution is -2.37. The first-order chi connectivity index (χ1) is 14.8. The summed E-state index contributed by atoms with van der Waals surface area (Å²) >= 11 is 0. The summed E-state index contributed by atoms with van der Waals surface area (Å²) in [5, 5.41) is 3.11. The third-order valence-corrected chi connectivity index (χ3v) is 8.13. The van der Waals surface area contributed by atoms with Gasteiger partial charge in [-0.3, -0.25) is 4.79 Å². The normalized spacial score (nSPS) is 19.4. The van der Waals surface area contributed by atoms with Gasteiger partial charge in [-0.15, -0.1) is 0 Å². The number of benzene rings is 2. The number of sulfonamides is 1. The van der Waals surface area contributed by atoms with E-state index in [0.717, 1.165) is 56.1 Å². The van der Waals surface area contributed by atoms with Crippen molar-refractivity contribution in [3.63, 3.8) is 0 Å². The Labute approximate surface area is 185 Å². The van der Waals surface area contributed by atoms with Crippen LogP contribution >= 0.6 is 0 Å². The number of carbonyl (C=O) groups excluding carboxylic acids is 1. The molecule has 4 rings (SSSR count). The van der Waals surface area contributed by atoms with Crippen molar-refractivity contribution in [2.75, 3.05) is 0 Å². The van der Waals surface area contributed by atoms with Crippen molar-refractivity contribution in [1.82, 2.24) is 10.0 Å². The molecule has 0 aromatic heterocycles. The third kappa shape index (κ3) is 4.85. The van der Waals surface area contributed by atoms with Crippen LogP contribution in [0.3, 0.4) is 0 Å². The van der Waals surface area contributed by atoms with Gasteiger partial charge in [-0.2, -0.15) is 0 Å². The number of hydrogen-bond acceptors (Lipinski definition) is 3. The number of aryl methyl sites for hydroxylation is 1. The summed E-state index contributed by atoms with van der Waals surface area (Å²) in [5.41, 5.74) is 3.55. The van der Waals surface area contributed by atoms with E-state index in [1.165, 1.54) is 5.56 Å². The Morgan fingerprint density at radius 3 is 2.48 bits per heavy atom. The van der Waals surface area contributed by atoms with Gasteiger partial charge in [0.2, 0.25) is 10.0 Å². The Morgan fingerprint density at radius 2 is 1.74 bits per heavy atom. The molecule has 0 aliphatic heterocycles. The Balaban J connectivity index is 1.58. The number of fused-ring (bicyclic) bond motifs is 1. The van der Waals surface area contributed by atoms with E-state index in [1.807, 2.05) is 26.0 Å². The van der Waals surface area contributed by atoms with Crippen LogP contribution in [0.5, 0.6) is 0 Å². The highest BCUT2D eigenvalue weighted by molar-refractivity contribution is 7.89. The van der Waals surface area contributed by atoms with E-state index in [9.17, 15) is 13.2 Å². The summed E-state index contributed by atoms with van der Waals surface area (Å²) in [7, 11) is -3.70. The molecule has 2 aromatic rings. The van der Waals surface area contributed by atoms with E-state index in [2.05, 4.69) is 22.2 Å². The van der Waals surface area contributed by atoms with Crippen molar-refractivity contribution >= 4 is 15.9 Å². The molecule has 0 saturated heterocycles. The second-order valence-electron chi connectivity index (χ2n) is 9.13. The molecule has 2 N–H and O–H groups in total. The van der Waals surface area contributed by atoms with Crippen molar-refractivity contribution in [2.45, 2.75) is 81.7 Å². The number of nitrogens with one attached hydrogen (secondary N) is 2. The summed E-state index contributed by atoms with van der Waals surface area (Å²) < 4.78 is 29.4. The van der Waals surface area contributed by atoms with Crippen molar-refractivity contribution in [1.29, 1.82) is 0 Å². The second kappa shape index (κ2) is 9.13. The van der Waals surface area contributed by atoms with E-state index in [0.29, 0.717) is 5.56 Å². The third-order valence-electron chi connectivity index (χ3n) is 6.55. The van der Waals surface area contributed by atoms with Crippen molar-refractivity contribution in [3.8, 4) is 0 Å². The van der Waals surface area contributed by atoms with Gasteiger partial charge >= 0.3 is 0 Å². The number of rotatable bonds is 6. The van der Waals surface area contributed by atoms with Gasteiger partial charge in [0.05, 0.1) is 10.9 Å². The monoisotopic (exact) mass is 440 g/mol. The van der Waals surface area contributed by atoms with E-state index in [1.54, 1.807) is 18.2 Å². The molecular formula is C25H32N2O3S. The largest absolute Gasteiger partial charge is 0.345 e. The average Bonchev–Trinajstić information content (AvgIpc) is 3.16. The number of carbonyl (C=O) groups is 1. The molecule has 5 nitrogen and oxygen atoms in total. The fraction of sp³-hybridized carbons (Fsp3) is 0.480. The predicted octanol–water partition coefficient (Wildman–Crippen LogP) is 4.84. The Morgan fingerprint density at radius 1 is 1.00 bits per heavy atom. The van der Waals surface area contributed by atoms with Gasteiger partial charge in [0.1, 0.15) is 0 Å². The maximum atomic E-state index is 13.3. The smallest absolute Gasteiger partial charge is 0.251 e. The maximum absolute atomic E-state index is 13.3. The van der Waals surface area contributed by atoms with E-state index < -0.39 is 10.0 Å². The Hall–Kier alpha value is -2.18. The van der Waals surface area contributed by atoms with Crippen LogP contribution < -0.4 is 10.0 Å². The standard InChI is InChI=1S/C25H32N2O3S/c1-17(2)21-14-12-19(16-24(21)31(29,30)27-20-9-4-3-5-10-20)25(28)26-23-15-13-18-8-6-7-11-22(18)23/h6-8,11-12,14,16-17,20,23,27H,3-5,9-10,13,15H2,1-2H3,(H,26,28). The molecule has 1 amide bonds. The highest BCUT2D eigenvalue weighted by Gasteiger charge is 2.28. The zero-order valence-electron chi connectivity index (χ0n) is 18.4. The van der Waals surface area contributed by atoms with Crippen LogP contribution in [-0.4, -0.2) is 20.4 Å². The first-order valence-corrected chi connectivity index (χ1v) is 12.9. The van der Waals surface area contributed by atoms with Crippen molar-refractivity contribution in [2.24, 2.45) is 0 Å². The molecule has 1 atom stereocenters. The number of amides is 1. The molecule has 1 saturated carbocycles. The van der Waals surface area contributed by atoms with E-state index in [-0.39, 0.29) is 28.8 Å². The molecule has 166 valence electrons. The fourth-order valence-electron chi connectivity index (χ4n) is 4.84. The molecule has 0 radical (unpaired) electrons. The molecule has 31 heavy (non-hydrogen) atoms. The summed E-state index contributed by atoms with van der Waals surface area (Å²) in [6.45, 7) is 3.95. The first kappa shape index (κ1) is 22.0. The highest BCUT2D eigenvalue weighted by atomic mass is 32.2. The van der Waals surface area contributed by atoms with Crippen LogP contribution in [-0.2, 0) is 16.4 Å². The van der Waals surface area contributed by atoms with Crippen LogP contribution in [0.1, 0.15) is 91.4 Å². The zero-order chi connectivity index (χ0) is 22.0. The van der Waals surface area contributed by atoms with Gasteiger partial charge < -0.3 is 5.32 Å². The fourth-order valence-corrected chi connectivity index (χ4v) is 6.53. The SMILES string of the molecule is CC(C)c1ccc(C(=O)NC2CCc3ccccc32)cc1S(=O)(=O)NC1CCCCC1. The molecular weight excluding hydrogens is 408 g/mol. The van der Waals surface area contributed by atoms with E-state index >= 15 is 0 Å². The van der Waals surface area contributed by atoms with Crippen LogP contribution in [0.2, 0.25) is 0 Å². The molecule has 6 heteroatoms. The first-order valence-electron chi connectivity index (χ1n) is 11.4. The average molecular weight is 441 g/mol. The zero-order valence-corrected chi connectivity index (χ0v) is 19.2. The lowest BCUT2D eigenvalue weighted by atomic mass is 9.96. The van der Waals surface area contributed by atoms with Crippen LogP contribution in [0.4, 0.5) is 0 Å². The summed E-state index contributed by atoms with van der Waals surface area (Å²) in [6.07, 6.45) is 6.82. The number of hydrogen-bond donors (Lipinski definition) is 2. The minimum Gasteiger partial charge on any atom is -0.345 e. The Bertz CT molecular complexity index is 1060. The molecule has 0 heterocycles. The van der Waals surface area contributed by atoms with Crippen LogP contribution in [0.25, 0.3) is 0 Å². The van der Waals surface area contributed by atoms with Gasteiger partial charge in [0.15, 0.2) is 0 Å². The minimum atomic E-state index is -3.70. The minimum absolute atomic E-state index is 0.0220.